The van der Waals surface area contributed by atoms with Gasteiger partial charge in [-0.1, -0.05) is 0 Å². The lowest BCUT2D eigenvalue weighted by molar-refractivity contribution is 0.0939. The molecule has 2 N–H and O–H groups in total. The summed E-state index contributed by atoms with van der Waals surface area (Å²) in [6, 6.07) is 5.73. The third-order valence-corrected chi connectivity index (χ3v) is 3.86. The van der Waals surface area contributed by atoms with Crippen LogP contribution in [0.5, 0.6) is 0 Å². The van der Waals surface area contributed by atoms with E-state index in [9.17, 15) is 4.79 Å². The summed E-state index contributed by atoms with van der Waals surface area (Å²) in [6.45, 7) is 0.181. The number of amides is 1. The molecule has 4 aromatic rings. The fraction of sp³-hybridized carbons (Fsp3) is 0.0769. The van der Waals surface area contributed by atoms with Crippen molar-refractivity contribution in [2.45, 2.75) is 6.54 Å². The van der Waals surface area contributed by atoms with Gasteiger partial charge < -0.3 is 5.32 Å². The molecule has 0 aliphatic heterocycles. The minimum absolute atomic E-state index is 0.144. The second kappa shape index (κ2) is 5.57. The molecule has 0 unspecified atom stereocenters. The van der Waals surface area contributed by atoms with E-state index >= 15 is 0 Å². The minimum atomic E-state index is -0.367. The van der Waals surface area contributed by atoms with Crippen molar-refractivity contribution in [3.05, 3.63) is 46.9 Å². The molecule has 10 heteroatoms. The van der Waals surface area contributed by atoms with Gasteiger partial charge in [-0.3, -0.25) is 9.89 Å². The molecule has 4 rings (SSSR count). The predicted molar refractivity (Wildman–Crippen MR) is 81.6 cm³/mol. The van der Waals surface area contributed by atoms with E-state index in [2.05, 4.69) is 35.8 Å². The van der Waals surface area contributed by atoms with Crippen LogP contribution in [0, 0.1) is 0 Å². The lowest BCUT2D eigenvalue weighted by Gasteiger charge is -2.03. The van der Waals surface area contributed by atoms with Gasteiger partial charge in [-0.05, 0) is 23.6 Å². The first-order chi connectivity index (χ1) is 11.3. The zero-order valence-electron chi connectivity index (χ0n) is 11.7. The van der Waals surface area contributed by atoms with Crippen molar-refractivity contribution in [2.75, 3.05) is 0 Å². The van der Waals surface area contributed by atoms with Crippen molar-refractivity contribution < 1.29 is 4.79 Å². The normalized spacial score (nSPS) is 11.0. The molecular formula is C13H10N8OS. The van der Waals surface area contributed by atoms with Crippen LogP contribution in [0.25, 0.3) is 16.9 Å². The summed E-state index contributed by atoms with van der Waals surface area (Å²) < 4.78 is 1.62. The second-order valence-electron chi connectivity index (χ2n) is 4.63. The molecule has 0 atom stereocenters. The Balaban J connectivity index is 1.60. The Morgan fingerprint density at radius 1 is 1.30 bits per heavy atom. The number of nitrogens with zero attached hydrogens (tertiary/aromatic N) is 6. The number of hydrogen-bond donors (Lipinski definition) is 2. The lowest BCUT2D eigenvalue weighted by atomic mass is 10.2. The topological polar surface area (TPSA) is 114 Å². The highest BCUT2D eigenvalue weighted by Crippen LogP contribution is 2.20. The van der Waals surface area contributed by atoms with Gasteiger partial charge in [0.2, 0.25) is 5.82 Å². The van der Waals surface area contributed by atoms with E-state index in [0.29, 0.717) is 11.5 Å². The Hall–Kier alpha value is -3.14. The van der Waals surface area contributed by atoms with Crippen LogP contribution in [-0.4, -0.2) is 40.9 Å². The average molecular weight is 326 g/mol. The average Bonchev–Trinajstić information content (AvgIpc) is 3.33. The molecule has 4 aromatic heterocycles. The van der Waals surface area contributed by atoms with Gasteiger partial charge in [-0.25, -0.2) is 4.98 Å². The fourth-order valence-electron chi connectivity index (χ4n) is 2.07. The first-order valence-electron chi connectivity index (χ1n) is 6.69. The number of hydrogen-bond acceptors (Lipinski definition) is 7. The van der Waals surface area contributed by atoms with Crippen molar-refractivity contribution in [2.24, 2.45) is 0 Å². The minimum Gasteiger partial charge on any atom is -0.342 e. The molecule has 0 spiro atoms. The number of carbonyl (C=O) groups is 1. The van der Waals surface area contributed by atoms with Crippen molar-refractivity contribution in [1.29, 1.82) is 0 Å². The Bertz CT molecular complexity index is 944. The maximum absolute atomic E-state index is 11.9. The molecule has 23 heavy (non-hydrogen) atoms. The smallest absolute Gasteiger partial charge is 0.288 e. The predicted octanol–water partition coefficient (Wildman–Crippen LogP) is 0.901. The summed E-state index contributed by atoms with van der Waals surface area (Å²) >= 11 is 1.60. The Morgan fingerprint density at radius 2 is 2.26 bits per heavy atom. The van der Waals surface area contributed by atoms with Gasteiger partial charge in [0.1, 0.15) is 6.33 Å². The fourth-order valence-corrected chi connectivity index (χ4v) is 2.72. The summed E-state index contributed by atoms with van der Waals surface area (Å²) in [5.74, 6) is 0.309. The van der Waals surface area contributed by atoms with Crippen molar-refractivity contribution in [3.63, 3.8) is 0 Å². The van der Waals surface area contributed by atoms with Crippen molar-refractivity contribution in [1.82, 2.24) is 40.3 Å². The zero-order chi connectivity index (χ0) is 15.6. The maximum atomic E-state index is 11.9. The summed E-state index contributed by atoms with van der Waals surface area (Å²) in [4.78, 5) is 15.7. The third kappa shape index (κ3) is 2.55. The summed E-state index contributed by atoms with van der Waals surface area (Å²) in [5.41, 5.74) is 2.47. The van der Waals surface area contributed by atoms with Gasteiger partial charge in [0.25, 0.3) is 5.91 Å². The lowest BCUT2D eigenvalue weighted by Crippen LogP contribution is -2.25. The second-order valence-corrected chi connectivity index (χ2v) is 5.41. The Kier molecular flexibility index (Phi) is 3.27. The molecule has 0 aromatic carbocycles. The van der Waals surface area contributed by atoms with E-state index in [1.807, 2.05) is 29.0 Å². The van der Waals surface area contributed by atoms with Crippen molar-refractivity contribution >= 4 is 22.9 Å². The first-order valence-corrected chi connectivity index (χ1v) is 7.63. The summed E-state index contributed by atoms with van der Waals surface area (Å²) in [5, 5.41) is 25.5. The van der Waals surface area contributed by atoms with Crippen molar-refractivity contribution in [3.8, 4) is 11.3 Å². The van der Waals surface area contributed by atoms with Gasteiger partial charge in [-0.2, -0.15) is 26.0 Å². The molecular weight excluding hydrogens is 316 g/mol. The highest BCUT2D eigenvalue weighted by Gasteiger charge is 2.12. The van der Waals surface area contributed by atoms with E-state index in [4.69, 9.17) is 0 Å². The van der Waals surface area contributed by atoms with Crippen LogP contribution < -0.4 is 5.32 Å². The number of nitrogens with one attached hydrogen (secondary N) is 2. The number of aromatic amines is 1. The molecule has 0 saturated heterocycles. The number of carbonyl (C=O) groups excluding carboxylic acids is 1. The van der Waals surface area contributed by atoms with Gasteiger partial charge >= 0.3 is 0 Å². The van der Waals surface area contributed by atoms with E-state index in [0.717, 1.165) is 11.3 Å². The van der Waals surface area contributed by atoms with E-state index in [-0.39, 0.29) is 18.3 Å². The standard InChI is InChI=1S/C13H10N8OS/c22-13(12-15-7-16-19-12)14-5-11-18-17-10-2-1-9(20-21(10)11)8-3-4-23-6-8/h1-4,6-7H,5H2,(H,14,22)(H,15,16,19). The first kappa shape index (κ1) is 13.5. The molecule has 1 amide bonds. The molecule has 114 valence electrons. The van der Waals surface area contributed by atoms with Gasteiger partial charge in [0.15, 0.2) is 11.5 Å². The number of H-pyrrole nitrogens is 1. The maximum Gasteiger partial charge on any atom is 0.288 e. The van der Waals surface area contributed by atoms with Crippen LogP contribution in [0.1, 0.15) is 16.4 Å². The Morgan fingerprint density at radius 3 is 3.04 bits per heavy atom. The molecule has 0 saturated carbocycles. The van der Waals surface area contributed by atoms with E-state index in [1.54, 1.807) is 15.9 Å². The van der Waals surface area contributed by atoms with Gasteiger partial charge in [-0.15, -0.1) is 10.2 Å². The van der Waals surface area contributed by atoms with Crippen LogP contribution >= 0.6 is 11.3 Å². The quantitative estimate of drug-likeness (QED) is 0.576. The molecule has 4 heterocycles. The van der Waals surface area contributed by atoms with Crippen LogP contribution in [0.15, 0.2) is 35.3 Å². The van der Waals surface area contributed by atoms with E-state index < -0.39 is 0 Å². The molecule has 9 nitrogen and oxygen atoms in total. The molecule has 0 fully saturated rings. The molecule has 0 aliphatic rings. The molecule has 0 aliphatic carbocycles. The zero-order valence-corrected chi connectivity index (χ0v) is 12.5. The van der Waals surface area contributed by atoms with Gasteiger partial charge in [0.05, 0.1) is 12.2 Å². The third-order valence-electron chi connectivity index (χ3n) is 3.18. The summed E-state index contributed by atoms with van der Waals surface area (Å²) in [7, 11) is 0. The van der Waals surface area contributed by atoms with Crippen LogP contribution in [0.4, 0.5) is 0 Å². The van der Waals surface area contributed by atoms with Crippen LogP contribution in [-0.2, 0) is 6.54 Å². The monoisotopic (exact) mass is 326 g/mol. The summed E-state index contributed by atoms with van der Waals surface area (Å²) in [6.07, 6.45) is 1.27. The van der Waals surface area contributed by atoms with E-state index in [1.165, 1.54) is 6.33 Å². The van der Waals surface area contributed by atoms with Gasteiger partial charge in [0, 0.05) is 10.9 Å². The number of thiophene rings is 1. The number of aromatic nitrogens is 7. The van der Waals surface area contributed by atoms with Crippen LogP contribution in [0.3, 0.4) is 0 Å². The number of fused-ring (bicyclic) bond motifs is 1. The SMILES string of the molecule is O=C(NCc1nnc2ccc(-c3ccsc3)nn12)c1ncn[nH]1. The molecule has 0 bridgehead atoms. The van der Waals surface area contributed by atoms with Crippen LogP contribution in [0.2, 0.25) is 0 Å². The number of rotatable bonds is 4. The largest absolute Gasteiger partial charge is 0.342 e. The molecule has 0 radical (unpaired) electrons. The highest BCUT2D eigenvalue weighted by molar-refractivity contribution is 7.08. The highest BCUT2D eigenvalue weighted by atomic mass is 32.1. The Labute approximate surface area is 133 Å².